The highest BCUT2D eigenvalue weighted by molar-refractivity contribution is 6.00. The van der Waals surface area contributed by atoms with E-state index >= 15 is 0 Å². The molecule has 0 bridgehead atoms. The minimum absolute atomic E-state index is 0.0705. The van der Waals surface area contributed by atoms with Gasteiger partial charge in [0.25, 0.3) is 0 Å². The lowest BCUT2D eigenvalue weighted by molar-refractivity contribution is -0.123. The SMILES string of the molecule is CC(C#CC1(O)C(C)=C(C2(C)CC2)C(=O)CC1(C)C)=CCO. The Hall–Kier alpha value is -1.37. The van der Waals surface area contributed by atoms with E-state index in [1.165, 1.54) is 0 Å². The quantitative estimate of drug-likeness (QED) is 0.771. The zero-order valence-electron chi connectivity index (χ0n) is 14.2. The van der Waals surface area contributed by atoms with Crippen LogP contribution in [-0.4, -0.2) is 28.2 Å². The maximum atomic E-state index is 12.6. The molecule has 1 fully saturated rings. The molecule has 0 amide bonds. The van der Waals surface area contributed by atoms with Crippen LogP contribution in [0.5, 0.6) is 0 Å². The number of hydrogen-bond acceptors (Lipinski definition) is 3. The van der Waals surface area contributed by atoms with Crippen molar-refractivity contribution in [3.05, 3.63) is 22.8 Å². The number of aliphatic hydroxyl groups is 2. The van der Waals surface area contributed by atoms with Gasteiger partial charge in [-0.2, -0.15) is 0 Å². The predicted molar refractivity (Wildman–Crippen MR) is 87.0 cm³/mol. The van der Waals surface area contributed by atoms with Crippen LogP contribution in [0.3, 0.4) is 0 Å². The fraction of sp³-hybridized carbons (Fsp3) is 0.632. The van der Waals surface area contributed by atoms with Crippen LogP contribution < -0.4 is 0 Å². The third-order valence-corrected chi connectivity index (χ3v) is 5.22. The Morgan fingerprint density at radius 3 is 2.41 bits per heavy atom. The molecule has 3 heteroatoms. The summed E-state index contributed by atoms with van der Waals surface area (Å²) in [7, 11) is 0. The van der Waals surface area contributed by atoms with Crippen molar-refractivity contribution in [2.45, 2.75) is 59.5 Å². The van der Waals surface area contributed by atoms with Gasteiger partial charge in [-0.15, -0.1) is 0 Å². The normalized spacial score (nSPS) is 30.0. The Labute approximate surface area is 133 Å². The Morgan fingerprint density at radius 1 is 1.32 bits per heavy atom. The standard InChI is InChI=1S/C19H26O3/c1-13(7-11-20)6-8-19(22)14(2)16(18(5)9-10-18)15(21)12-17(19,3)4/h7,20,22H,9-12H2,1-5H3. The molecule has 2 rings (SSSR count). The topological polar surface area (TPSA) is 57.5 Å². The number of ketones is 1. The van der Waals surface area contributed by atoms with Gasteiger partial charge in [0, 0.05) is 17.4 Å². The minimum Gasteiger partial charge on any atom is -0.392 e. The second kappa shape index (κ2) is 5.37. The minimum atomic E-state index is -1.31. The molecule has 1 saturated carbocycles. The average Bonchev–Trinajstić information content (AvgIpc) is 3.12. The van der Waals surface area contributed by atoms with Crippen molar-refractivity contribution >= 4 is 5.78 Å². The molecule has 0 heterocycles. The van der Waals surface area contributed by atoms with E-state index in [0.29, 0.717) is 12.0 Å². The Balaban J connectivity index is 2.57. The van der Waals surface area contributed by atoms with E-state index in [-0.39, 0.29) is 17.8 Å². The van der Waals surface area contributed by atoms with Crippen molar-refractivity contribution in [3.63, 3.8) is 0 Å². The van der Waals surface area contributed by atoms with Crippen LogP contribution >= 0.6 is 0 Å². The summed E-state index contributed by atoms with van der Waals surface area (Å²) in [5.41, 5.74) is 0.187. The second-order valence-electron chi connectivity index (χ2n) is 7.57. The molecule has 0 saturated heterocycles. The van der Waals surface area contributed by atoms with Gasteiger partial charge >= 0.3 is 0 Å². The van der Waals surface area contributed by atoms with E-state index < -0.39 is 11.0 Å². The van der Waals surface area contributed by atoms with Crippen molar-refractivity contribution in [2.24, 2.45) is 10.8 Å². The van der Waals surface area contributed by atoms with Crippen molar-refractivity contribution in [1.82, 2.24) is 0 Å². The van der Waals surface area contributed by atoms with E-state index in [0.717, 1.165) is 24.0 Å². The highest BCUT2D eigenvalue weighted by atomic mass is 16.3. The van der Waals surface area contributed by atoms with Crippen molar-refractivity contribution < 1.29 is 15.0 Å². The third kappa shape index (κ3) is 2.66. The predicted octanol–water partition coefficient (Wildman–Crippen LogP) is 2.78. The van der Waals surface area contributed by atoms with Gasteiger partial charge in [0.15, 0.2) is 11.4 Å². The molecule has 0 aliphatic heterocycles. The second-order valence-corrected chi connectivity index (χ2v) is 7.57. The van der Waals surface area contributed by atoms with Gasteiger partial charge in [-0.25, -0.2) is 0 Å². The van der Waals surface area contributed by atoms with Crippen LogP contribution in [0.15, 0.2) is 22.8 Å². The van der Waals surface area contributed by atoms with Crippen LogP contribution in [0.25, 0.3) is 0 Å². The molecule has 120 valence electrons. The number of allylic oxidation sites excluding steroid dienone is 2. The molecule has 1 unspecified atom stereocenters. The molecule has 1 atom stereocenters. The summed E-state index contributed by atoms with van der Waals surface area (Å²) < 4.78 is 0. The van der Waals surface area contributed by atoms with Crippen LogP contribution in [-0.2, 0) is 4.79 Å². The molecular weight excluding hydrogens is 276 g/mol. The van der Waals surface area contributed by atoms with Crippen LogP contribution in [0.2, 0.25) is 0 Å². The van der Waals surface area contributed by atoms with Gasteiger partial charge < -0.3 is 10.2 Å². The monoisotopic (exact) mass is 302 g/mol. The van der Waals surface area contributed by atoms with Gasteiger partial charge in [0.05, 0.1) is 6.61 Å². The molecule has 22 heavy (non-hydrogen) atoms. The fourth-order valence-electron chi connectivity index (χ4n) is 3.38. The molecule has 3 nitrogen and oxygen atoms in total. The number of carbonyl (C=O) groups is 1. The molecule has 0 radical (unpaired) electrons. The Morgan fingerprint density at radius 2 is 1.91 bits per heavy atom. The maximum Gasteiger partial charge on any atom is 0.160 e. The number of carbonyl (C=O) groups excluding carboxylic acids is 1. The van der Waals surface area contributed by atoms with Gasteiger partial charge in [-0.1, -0.05) is 32.6 Å². The number of rotatable bonds is 2. The third-order valence-electron chi connectivity index (χ3n) is 5.22. The van der Waals surface area contributed by atoms with Crippen LogP contribution in [0, 0.1) is 22.7 Å². The molecule has 0 spiro atoms. The molecule has 0 aromatic rings. The molecule has 0 aromatic heterocycles. The van der Waals surface area contributed by atoms with E-state index in [1.54, 1.807) is 13.0 Å². The van der Waals surface area contributed by atoms with E-state index in [1.807, 2.05) is 20.8 Å². The Bertz CT molecular complexity index is 621. The zero-order chi connectivity index (χ0) is 16.8. The summed E-state index contributed by atoms with van der Waals surface area (Å²) in [6, 6.07) is 0. The highest BCUT2D eigenvalue weighted by Crippen LogP contribution is 2.58. The van der Waals surface area contributed by atoms with Gasteiger partial charge in [-0.05, 0) is 49.3 Å². The van der Waals surface area contributed by atoms with Crippen molar-refractivity contribution in [2.75, 3.05) is 6.61 Å². The van der Waals surface area contributed by atoms with E-state index in [9.17, 15) is 9.90 Å². The lowest BCUT2D eigenvalue weighted by Crippen LogP contribution is -2.50. The van der Waals surface area contributed by atoms with Gasteiger partial charge in [0.2, 0.25) is 0 Å². The summed E-state index contributed by atoms with van der Waals surface area (Å²) in [4.78, 5) is 12.6. The summed E-state index contributed by atoms with van der Waals surface area (Å²) >= 11 is 0. The van der Waals surface area contributed by atoms with Crippen LogP contribution in [0.4, 0.5) is 0 Å². The average molecular weight is 302 g/mol. The lowest BCUT2D eigenvalue weighted by atomic mass is 9.61. The highest BCUT2D eigenvalue weighted by Gasteiger charge is 2.56. The summed E-state index contributed by atoms with van der Waals surface area (Å²) in [5, 5.41) is 20.2. The summed E-state index contributed by atoms with van der Waals surface area (Å²) in [6.45, 7) is 9.44. The molecule has 2 aliphatic rings. The van der Waals surface area contributed by atoms with E-state index in [4.69, 9.17) is 5.11 Å². The summed E-state index contributed by atoms with van der Waals surface area (Å²) in [5.74, 6) is 6.08. The van der Waals surface area contributed by atoms with E-state index in [2.05, 4.69) is 18.8 Å². The Kier molecular flexibility index (Phi) is 4.14. The molecule has 2 N–H and O–H groups in total. The first-order valence-electron chi connectivity index (χ1n) is 7.86. The first kappa shape index (κ1) is 17.0. The first-order valence-corrected chi connectivity index (χ1v) is 7.86. The summed E-state index contributed by atoms with van der Waals surface area (Å²) in [6.07, 6.45) is 3.92. The molecule has 0 aromatic carbocycles. The largest absolute Gasteiger partial charge is 0.392 e. The number of Topliss-reactive ketones (excluding diaryl/α,β-unsaturated/α-hetero) is 1. The number of hydrogen-bond donors (Lipinski definition) is 2. The zero-order valence-corrected chi connectivity index (χ0v) is 14.2. The molecule has 2 aliphatic carbocycles. The maximum absolute atomic E-state index is 12.6. The van der Waals surface area contributed by atoms with Crippen LogP contribution in [0.1, 0.15) is 53.9 Å². The smallest absolute Gasteiger partial charge is 0.160 e. The first-order chi connectivity index (χ1) is 10.1. The van der Waals surface area contributed by atoms with Gasteiger partial charge in [-0.3, -0.25) is 4.79 Å². The molecular formula is C19H26O3. The fourth-order valence-corrected chi connectivity index (χ4v) is 3.38. The van der Waals surface area contributed by atoms with Crippen molar-refractivity contribution in [3.8, 4) is 11.8 Å². The number of aliphatic hydroxyl groups excluding tert-OH is 1. The van der Waals surface area contributed by atoms with Crippen molar-refractivity contribution in [1.29, 1.82) is 0 Å². The van der Waals surface area contributed by atoms with Gasteiger partial charge in [0.1, 0.15) is 0 Å². The lowest BCUT2D eigenvalue weighted by Gasteiger charge is -2.45.